The van der Waals surface area contributed by atoms with Crippen LogP contribution in [0.1, 0.15) is 94.1 Å². The van der Waals surface area contributed by atoms with Crippen LogP contribution in [0.25, 0.3) is 22.5 Å². The van der Waals surface area contributed by atoms with Gasteiger partial charge < -0.3 is 20.9 Å². The molecular formula is C40H50N4O5. The summed E-state index contributed by atoms with van der Waals surface area (Å²) in [6, 6.07) is 23.3. The number of unbranched alkanes of at least 4 members (excludes halogenated alkanes) is 4. The Morgan fingerprint density at radius 1 is 0.776 bits per heavy atom. The van der Waals surface area contributed by atoms with Crippen molar-refractivity contribution in [2.45, 2.75) is 84.5 Å². The molecule has 0 fully saturated rings. The third-order valence-corrected chi connectivity index (χ3v) is 7.91. The lowest BCUT2D eigenvalue weighted by molar-refractivity contribution is -0.136. The number of benzene rings is 3. The van der Waals surface area contributed by atoms with E-state index in [1.165, 1.54) is 31.2 Å². The largest absolute Gasteiger partial charge is 0.494 e. The van der Waals surface area contributed by atoms with Gasteiger partial charge in [-0.05, 0) is 59.2 Å². The molecule has 0 aliphatic carbocycles. The van der Waals surface area contributed by atoms with Gasteiger partial charge in [0.25, 0.3) is 0 Å². The predicted molar refractivity (Wildman–Crippen MR) is 194 cm³/mol. The SMILES string of the molecule is CC(C)(C)c1ccc(C(N)=O)cc1.CCCCCCCOc1ccc(-c2cnc(-c3ccc(CCC(=O)NCCC(=O)O)cc3)nc2)cc1. The smallest absolute Gasteiger partial charge is 0.305 e. The summed E-state index contributed by atoms with van der Waals surface area (Å²) < 4.78 is 5.85. The lowest BCUT2D eigenvalue weighted by Gasteiger charge is -2.18. The summed E-state index contributed by atoms with van der Waals surface area (Å²) in [7, 11) is 0. The van der Waals surface area contributed by atoms with Crippen LogP contribution in [0.15, 0.2) is 85.2 Å². The number of carboxylic acids is 1. The Labute approximate surface area is 290 Å². The minimum absolute atomic E-state index is 0.0712. The molecule has 0 aliphatic rings. The molecule has 0 spiro atoms. The molecule has 1 aromatic heterocycles. The molecule has 0 saturated carbocycles. The highest BCUT2D eigenvalue weighted by Gasteiger charge is 2.13. The maximum atomic E-state index is 11.8. The van der Waals surface area contributed by atoms with Gasteiger partial charge in [0, 0.05) is 42.0 Å². The highest BCUT2D eigenvalue weighted by atomic mass is 16.5. The summed E-state index contributed by atoms with van der Waals surface area (Å²) in [4.78, 5) is 42.2. The second kappa shape index (κ2) is 19.7. The van der Waals surface area contributed by atoms with Crippen molar-refractivity contribution < 1.29 is 24.2 Å². The molecule has 0 radical (unpaired) electrons. The summed E-state index contributed by atoms with van der Waals surface area (Å²) in [6.07, 6.45) is 10.6. The molecule has 9 nitrogen and oxygen atoms in total. The third kappa shape index (κ3) is 13.9. The van der Waals surface area contributed by atoms with E-state index >= 15 is 0 Å². The molecule has 9 heteroatoms. The van der Waals surface area contributed by atoms with E-state index in [0.717, 1.165) is 41.0 Å². The monoisotopic (exact) mass is 666 g/mol. The minimum Gasteiger partial charge on any atom is -0.494 e. The molecule has 0 saturated heterocycles. The lowest BCUT2D eigenvalue weighted by atomic mass is 9.87. The van der Waals surface area contributed by atoms with Gasteiger partial charge in [0.2, 0.25) is 11.8 Å². The van der Waals surface area contributed by atoms with E-state index in [4.69, 9.17) is 15.6 Å². The van der Waals surface area contributed by atoms with E-state index in [1.54, 1.807) is 12.1 Å². The fourth-order valence-electron chi connectivity index (χ4n) is 4.88. The van der Waals surface area contributed by atoms with Crippen molar-refractivity contribution in [3.63, 3.8) is 0 Å². The number of ether oxygens (including phenoxy) is 1. The molecule has 260 valence electrons. The van der Waals surface area contributed by atoms with Gasteiger partial charge in [-0.15, -0.1) is 0 Å². The Bertz CT molecular complexity index is 1600. The molecule has 0 bridgehead atoms. The van der Waals surface area contributed by atoms with Crippen LogP contribution in [0, 0.1) is 0 Å². The van der Waals surface area contributed by atoms with Crippen molar-refractivity contribution in [3.8, 4) is 28.3 Å². The molecule has 0 atom stereocenters. The number of hydrogen-bond acceptors (Lipinski definition) is 6. The van der Waals surface area contributed by atoms with Crippen LogP contribution < -0.4 is 15.8 Å². The van der Waals surface area contributed by atoms with E-state index in [9.17, 15) is 14.4 Å². The van der Waals surface area contributed by atoms with E-state index in [0.29, 0.717) is 24.2 Å². The van der Waals surface area contributed by atoms with Gasteiger partial charge in [-0.1, -0.05) is 102 Å². The Kier molecular flexibility index (Phi) is 15.4. The van der Waals surface area contributed by atoms with Gasteiger partial charge in [-0.25, -0.2) is 9.97 Å². The summed E-state index contributed by atoms with van der Waals surface area (Å²) >= 11 is 0. The highest BCUT2D eigenvalue weighted by Crippen LogP contribution is 2.24. The molecule has 4 aromatic rings. The third-order valence-electron chi connectivity index (χ3n) is 7.91. The topological polar surface area (TPSA) is 144 Å². The average molecular weight is 667 g/mol. The zero-order valence-corrected chi connectivity index (χ0v) is 29.2. The van der Waals surface area contributed by atoms with Crippen LogP contribution in [0.4, 0.5) is 0 Å². The molecule has 1 heterocycles. The molecule has 2 amide bonds. The second-order valence-electron chi connectivity index (χ2n) is 13.0. The van der Waals surface area contributed by atoms with Crippen molar-refractivity contribution in [2.75, 3.05) is 13.2 Å². The summed E-state index contributed by atoms with van der Waals surface area (Å²) in [5, 5.41) is 11.2. The zero-order chi connectivity index (χ0) is 35.6. The first-order valence-corrected chi connectivity index (χ1v) is 17.0. The van der Waals surface area contributed by atoms with Crippen molar-refractivity contribution in [2.24, 2.45) is 5.73 Å². The number of aliphatic carboxylic acids is 1. The number of aryl methyl sites for hydroxylation is 1. The maximum absolute atomic E-state index is 11.8. The number of rotatable bonds is 16. The van der Waals surface area contributed by atoms with Crippen molar-refractivity contribution in [1.29, 1.82) is 0 Å². The number of aromatic nitrogens is 2. The average Bonchev–Trinajstić information content (AvgIpc) is 3.09. The number of amides is 2. The Hall–Kier alpha value is -5.05. The quantitative estimate of drug-likeness (QED) is 0.104. The number of hydrogen-bond donors (Lipinski definition) is 3. The fraction of sp³-hybridized carbons (Fsp3) is 0.375. The number of nitrogens with one attached hydrogen (secondary N) is 1. The highest BCUT2D eigenvalue weighted by molar-refractivity contribution is 5.92. The van der Waals surface area contributed by atoms with Crippen LogP contribution in [0.2, 0.25) is 0 Å². The van der Waals surface area contributed by atoms with Crippen LogP contribution >= 0.6 is 0 Å². The molecule has 0 aliphatic heterocycles. The van der Waals surface area contributed by atoms with E-state index in [-0.39, 0.29) is 30.2 Å². The number of carbonyl (C=O) groups excluding carboxylic acids is 2. The fourth-order valence-corrected chi connectivity index (χ4v) is 4.88. The van der Waals surface area contributed by atoms with Gasteiger partial charge in [0.05, 0.1) is 13.0 Å². The number of nitrogens with two attached hydrogens (primary N) is 1. The molecule has 4 N–H and O–H groups in total. The first-order valence-electron chi connectivity index (χ1n) is 17.0. The van der Waals surface area contributed by atoms with Crippen molar-refractivity contribution in [1.82, 2.24) is 15.3 Å². The van der Waals surface area contributed by atoms with Gasteiger partial charge in [0.15, 0.2) is 5.82 Å². The van der Waals surface area contributed by atoms with E-state index < -0.39 is 5.97 Å². The standard InChI is InChI=1S/C29H35N3O4.C11H15NO/c1-2-3-4-5-6-19-36-26-14-12-23(13-15-26)25-20-31-29(32-21-25)24-10-7-22(8-11-24)9-16-27(33)30-18-17-28(34)35;1-11(2,3)9-6-4-8(5-7-9)10(12)13/h7-8,10-15,20-21H,2-6,9,16-19H2,1H3,(H,30,33)(H,34,35);4-7H,1-3H3,(H2,12,13). The number of primary amides is 1. The number of carbonyl (C=O) groups is 3. The molecule has 3 aromatic carbocycles. The van der Waals surface area contributed by atoms with Crippen molar-refractivity contribution in [3.05, 3.63) is 102 Å². The Morgan fingerprint density at radius 3 is 1.96 bits per heavy atom. The van der Waals surface area contributed by atoms with Gasteiger partial charge in [-0.2, -0.15) is 0 Å². The van der Waals surface area contributed by atoms with Gasteiger partial charge in [0.1, 0.15) is 5.75 Å². The first kappa shape index (κ1) is 38.4. The second-order valence-corrected chi connectivity index (χ2v) is 13.0. The summed E-state index contributed by atoms with van der Waals surface area (Å²) in [5.74, 6) is 0.0681. The van der Waals surface area contributed by atoms with Crippen molar-refractivity contribution >= 4 is 17.8 Å². The predicted octanol–water partition coefficient (Wildman–Crippen LogP) is 7.77. The molecule has 4 rings (SSSR count). The first-order chi connectivity index (χ1) is 23.5. The maximum Gasteiger partial charge on any atom is 0.305 e. The normalized spacial score (nSPS) is 10.9. The van der Waals surface area contributed by atoms with Crippen LogP contribution in [-0.4, -0.2) is 46.0 Å². The van der Waals surface area contributed by atoms with Gasteiger partial charge >= 0.3 is 5.97 Å². The van der Waals surface area contributed by atoms with E-state index in [2.05, 4.69) is 43.0 Å². The lowest BCUT2D eigenvalue weighted by Crippen LogP contribution is -2.26. The molecular weight excluding hydrogens is 616 g/mol. The Morgan fingerprint density at radius 2 is 1.39 bits per heavy atom. The Balaban J connectivity index is 0.000000419. The van der Waals surface area contributed by atoms with Crippen LogP contribution in [0.5, 0.6) is 5.75 Å². The van der Waals surface area contributed by atoms with E-state index in [1.807, 2.05) is 73.1 Å². The summed E-state index contributed by atoms with van der Waals surface area (Å²) in [5.41, 5.74) is 10.9. The minimum atomic E-state index is -0.924. The molecule has 49 heavy (non-hydrogen) atoms. The number of nitrogens with zero attached hydrogens (tertiary/aromatic N) is 2. The number of carboxylic acid groups (broad SMARTS) is 1. The zero-order valence-electron chi connectivity index (χ0n) is 29.2. The van der Waals surface area contributed by atoms with Gasteiger partial charge in [-0.3, -0.25) is 14.4 Å². The summed E-state index contributed by atoms with van der Waals surface area (Å²) in [6.45, 7) is 9.51. The van der Waals surface area contributed by atoms with Crippen LogP contribution in [-0.2, 0) is 21.4 Å². The molecule has 0 unspecified atom stereocenters. The van der Waals surface area contributed by atoms with Crippen LogP contribution in [0.3, 0.4) is 0 Å².